The first kappa shape index (κ1) is 20.0. The van der Waals surface area contributed by atoms with Crippen LogP contribution < -0.4 is 24.8 Å². The van der Waals surface area contributed by atoms with Gasteiger partial charge >= 0.3 is 21.7 Å². The van der Waals surface area contributed by atoms with Gasteiger partial charge in [-0.05, 0) is 6.42 Å². The van der Waals surface area contributed by atoms with Crippen LogP contribution in [0.15, 0.2) is 60.8 Å². The van der Waals surface area contributed by atoms with Gasteiger partial charge in [-0.3, -0.25) is 0 Å². The predicted octanol–water partition coefficient (Wildman–Crippen LogP) is -2.12. The minimum absolute atomic E-state index is 0. The summed E-state index contributed by atoms with van der Waals surface area (Å²) in [6.07, 6.45) is 5.60. The molecule has 104 valence electrons. The molecule has 4 rings (SSSR count). The van der Waals surface area contributed by atoms with Crippen LogP contribution in [0.5, 0.6) is 0 Å². The third-order valence-corrected chi connectivity index (χ3v) is 3.06. The van der Waals surface area contributed by atoms with Crippen LogP contribution in [0.1, 0.15) is 11.1 Å². The molecule has 1 N–H and O–H groups in total. The maximum atomic E-state index is 3.30. The maximum absolute atomic E-state index is 3.30. The molecule has 1 aliphatic carbocycles. The monoisotopic (exact) mass is 349 g/mol. The van der Waals surface area contributed by atoms with E-state index in [0.717, 1.165) is 6.42 Å². The van der Waals surface area contributed by atoms with Crippen molar-refractivity contribution in [2.45, 2.75) is 6.42 Å². The first-order valence-corrected chi connectivity index (χ1v) is 6.02. The topological polar surface area (TPSA) is 15.8 Å². The molecule has 2 aromatic carbocycles. The van der Waals surface area contributed by atoms with E-state index in [1.165, 1.54) is 22.3 Å². The van der Waals surface area contributed by atoms with Gasteiger partial charge in [0.15, 0.2) is 0 Å². The van der Waals surface area contributed by atoms with E-state index >= 15 is 0 Å². The molecule has 0 amide bonds. The summed E-state index contributed by atoms with van der Waals surface area (Å²) in [5.74, 6) is 0. The fourth-order valence-corrected chi connectivity index (χ4v) is 2.24. The Balaban J connectivity index is 0.000000437. The zero-order chi connectivity index (χ0) is 12.2. The predicted molar refractivity (Wildman–Crippen MR) is 73.1 cm³/mol. The molecule has 0 bridgehead atoms. The number of aromatic nitrogens is 1. The Morgan fingerprint density at radius 2 is 1.62 bits per heavy atom. The third-order valence-electron chi connectivity index (χ3n) is 3.06. The van der Waals surface area contributed by atoms with E-state index in [-0.39, 0.29) is 46.5 Å². The van der Waals surface area contributed by atoms with Crippen LogP contribution >= 0.6 is 0 Å². The van der Waals surface area contributed by atoms with Gasteiger partial charge in [0.25, 0.3) is 0 Å². The molecule has 0 atom stereocenters. The number of H-pyrrole nitrogens is 1. The molecule has 0 spiro atoms. The quantitative estimate of drug-likeness (QED) is 0.276. The van der Waals surface area contributed by atoms with E-state index in [9.17, 15) is 0 Å². The average Bonchev–Trinajstić information content (AvgIpc) is 3.10. The van der Waals surface area contributed by atoms with Crippen LogP contribution in [0.3, 0.4) is 0 Å². The zero-order valence-corrected chi connectivity index (χ0v) is 14.3. The Labute approximate surface area is 152 Å². The van der Waals surface area contributed by atoms with Gasteiger partial charge in [-0.1, -0.05) is 35.4 Å². The summed E-state index contributed by atoms with van der Waals surface area (Å²) >= 11 is 0. The number of halogens is 2. The second-order valence-corrected chi connectivity index (χ2v) is 4.21. The van der Waals surface area contributed by atoms with Crippen molar-refractivity contribution in [1.82, 2.24) is 4.98 Å². The number of fused-ring (bicyclic) bond motifs is 3. The molecule has 1 nitrogen and oxygen atoms in total. The van der Waals surface area contributed by atoms with Crippen LogP contribution in [0.25, 0.3) is 11.1 Å². The molecule has 21 heavy (non-hydrogen) atoms. The van der Waals surface area contributed by atoms with Gasteiger partial charge in [0, 0.05) is 0 Å². The summed E-state index contributed by atoms with van der Waals surface area (Å²) in [5, 5.41) is 0. The van der Waals surface area contributed by atoms with Crippen molar-refractivity contribution in [2.24, 2.45) is 0 Å². The second kappa shape index (κ2) is 9.86. The van der Waals surface area contributed by atoms with Gasteiger partial charge in [0.2, 0.25) is 0 Å². The fourth-order valence-electron chi connectivity index (χ4n) is 2.24. The largest absolute Gasteiger partial charge is 4.00 e. The summed E-state index contributed by atoms with van der Waals surface area (Å²) in [7, 11) is 0. The molecule has 1 aromatic heterocycles. The van der Waals surface area contributed by atoms with Gasteiger partial charge in [-0.2, -0.15) is 48.2 Å². The molecule has 0 radical (unpaired) electrons. The number of aromatic amines is 1. The number of benzene rings is 2. The summed E-state index contributed by atoms with van der Waals surface area (Å²) in [6.45, 7) is 0. The molecule has 1 heterocycles. The molecule has 0 saturated carbocycles. The van der Waals surface area contributed by atoms with Crippen LogP contribution in [0.2, 0.25) is 0 Å². The standard InChI is InChI=1S/C13H9.C4H4N.2ClH.Ti/c1-3-7-12-10(5-1)9-11-6-2-4-8-13(11)12;1-2-4-5-3-1;;;/h1-5,7-8H,9H2;1-3,5H;2*1H;/q2*-1;;;+4/p-2. The first-order valence-electron chi connectivity index (χ1n) is 6.02. The first-order chi connectivity index (χ1) is 8.95. The van der Waals surface area contributed by atoms with Crippen molar-refractivity contribution >= 4 is 0 Å². The van der Waals surface area contributed by atoms with E-state index in [1.807, 2.05) is 24.4 Å². The smallest absolute Gasteiger partial charge is 1.00 e. The van der Waals surface area contributed by atoms with Crippen molar-refractivity contribution in [2.75, 3.05) is 0 Å². The fraction of sp³-hybridized carbons (Fsp3) is 0.0588. The molecule has 0 fully saturated rings. The SMILES string of the molecule is [Cl-].[Cl-].[Ti+4].[c-]1ccc[nH]1.[c-]1cccc2c1Cc1ccccc1-2. The van der Waals surface area contributed by atoms with E-state index < -0.39 is 0 Å². The molecule has 4 heteroatoms. The minimum atomic E-state index is 0. The number of nitrogens with one attached hydrogen (secondary N) is 1. The van der Waals surface area contributed by atoms with Crippen molar-refractivity contribution in [3.05, 3.63) is 84.2 Å². The van der Waals surface area contributed by atoms with Crippen molar-refractivity contribution in [1.29, 1.82) is 0 Å². The van der Waals surface area contributed by atoms with Gasteiger partial charge in [0.05, 0.1) is 0 Å². The Morgan fingerprint density at radius 1 is 0.857 bits per heavy atom. The zero-order valence-electron chi connectivity index (χ0n) is 11.2. The molecule has 0 aliphatic heterocycles. The van der Waals surface area contributed by atoms with Gasteiger partial charge < -0.3 is 29.8 Å². The maximum Gasteiger partial charge on any atom is 4.00 e. The van der Waals surface area contributed by atoms with Gasteiger partial charge in [0.1, 0.15) is 0 Å². The van der Waals surface area contributed by atoms with Crippen molar-refractivity contribution in [3.63, 3.8) is 0 Å². The second-order valence-electron chi connectivity index (χ2n) is 4.21. The molecule has 0 unspecified atom stereocenters. The van der Waals surface area contributed by atoms with Crippen molar-refractivity contribution < 1.29 is 46.5 Å². The van der Waals surface area contributed by atoms with Crippen LogP contribution in [-0.4, -0.2) is 4.98 Å². The molecule has 1 aliphatic rings. The van der Waals surface area contributed by atoms with E-state index in [0.29, 0.717) is 0 Å². The Bertz CT molecular complexity index is 578. The van der Waals surface area contributed by atoms with Gasteiger partial charge in [-0.15, -0.1) is 11.8 Å². The Hall–Kier alpha value is -0.986. The summed E-state index contributed by atoms with van der Waals surface area (Å²) in [4.78, 5) is 2.74. The Morgan fingerprint density at radius 3 is 2.29 bits per heavy atom. The number of hydrogen-bond donors (Lipinski definition) is 1. The van der Waals surface area contributed by atoms with E-state index in [2.05, 4.69) is 53.6 Å². The van der Waals surface area contributed by atoms with Crippen LogP contribution in [-0.2, 0) is 28.1 Å². The molecular weight excluding hydrogens is 337 g/mol. The number of hydrogen-bond acceptors (Lipinski definition) is 0. The third kappa shape index (κ3) is 4.76. The normalized spacial score (nSPS) is 9.52. The van der Waals surface area contributed by atoms with Crippen LogP contribution in [0, 0.1) is 12.3 Å². The summed E-state index contributed by atoms with van der Waals surface area (Å²) < 4.78 is 0. The van der Waals surface area contributed by atoms with Crippen molar-refractivity contribution in [3.8, 4) is 11.1 Å². The van der Waals surface area contributed by atoms with E-state index in [4.69, 9.17) is 0 Å². The minimum Gasteiger partial charge on any atom is -1.00 e. The van der Waals surface area contributed by atoms with Crippen LogP contribution in [0.4, 0.5) is 0 Å². The molecular formula is C17H13Cl2NTi. The van der Waals surface area contributed by atoms with Gasteiger partial charge in [-0.25, -0.2) is 0 Å². The van der Waals surface area contributed by atoms with E-state index in [1.54, 1.807) is 0 Å². The Kier molecular flexibility index (Phi) is 9.40. The molecule has 3 aromatic rings. The summed E-state index contributed by atoms with van der Waals surface area (Å²) in [6, 6.07) is 21.8. The summed E-state index contributed by atoms with van der Waals surface area (Å²) in [5.41, 5.74) is 5.51. The average molecular weight is 350 g/mol. The molecule has 0 saturated heterocycles. The number of rotatable bonds is 0.